The van der Waals surface area contributed by atoms with Gasteiger partial charge in [0.2, 0.25) is 0 Å². The molecule has 8 aromatic rings. The molecule has 4 heterocycles. The number of nitrogens with zero attached hydrogens (tertiary/aromatic N) is 5. The topological polar surface area (TPSA) is 69.6 Å². The van der Waals surface area contributed by atoms with Crippen molar-refractivity contribution in [2.45, 2.75) is 0 Å². The van der Waals surface area contributed by atoms with Gasteiger partial charge in [-0.1, -0.05) is 54.1 Å². The molecule has 4 aromatic carbocycles. The van der Waals surface area contributed by atoms with Gasteiger partial charge in [-0.3, -0.25) is 9.37 Å². The molecule has 1 radical (unpaired) electrons. The maximum absolute atomic E-state index is 14.7. The Morgan fingerprint density at radius 3 is 2.43 bits per heavy atom. The number of para-hydroxylation sites is 2. The first-order valence-electron chi connectivity index (χ1n) is 12.9. The van der Waals surface area contributed by atoms with E-state index in [-0.39, 0.29) is 25.9 Å². The summed E-state index contributed by atoms with van der Waals surface area (Å²) in [6, 6.07) is 38.3. The quantitative estimate of drug-likeness (QED) is 0.174. The molecule has 0 N–H and O–H groups in total. The number of benzene rings is 4. The van der Waals surface area contributed by atoms with E-state index in [4.69, 9.17) is 9.40 Å². The van der Waals surface area contributed by atoms with E-state index in [1.54, 1.807) is 12.4 Å². The minimum Gasteiger partial charge on any atom is -0.500 e. The smallest absolute Gasteiger partial charge is 0.158 e. The molecule has 0 saturated heterocycles. The van der Waals surface area contributed by atoms with Crippen molar-refractivity contribution in [2.24, 2.45) is 0 Å². The molecule has 0 amide bonds. The molecule has 4 aromatic heterocycles. The summed E-state index contributed by atoms with van der Waals surface area (Å²) in [6.45, 7) is 0. The summed E-state index contributed by atoms with van der Waals surface area (Å²) < 4.78 is 22.7. The van der Waals surface area contributed by atoms with Crippen LogP contribution in [-0.4, -0.2) is 24.5 Å². The molecule has 42 heavy (non-hydrogen) atoms. The fraction of sp³-hybridized carbons (Fsp3) is 0. The number of aromatic nitrogens is 5. The average molecular weight is 726 g/mol. The van der Waals surface area contributed by atoms with E-state index in [0.29, 0.717) is 39.1 Å². The van der Waals surface area contributed by atoms with Gasteiger partial charge in [0.25, 0.3) is 0 Å². The Hall–Kier alpha value is -5.04. The minimum atomic E-state index is -0.379. The summed E-state index contributed by atoms with van der Waals surface area (Å²) in [6.07, 6.45) is 4.93. The second-order valence-corrected chi connectivity index (χ2v) is 9.14. The van der Waals surface area contributed by atoms with E-state index < -0.39 is 0 Å². The van der Waals surface area contributed by atoms with Crippen molar-refractivity contribution in [3.63, 3.8) is 0 Å². The van der Waals surface area contributed by atoms with Gasteiger partial charge in [-0.2, -0.15) is 0 Å². The zero-order valence-electron chi connectivity index (χ0n) is 21.9. The Kier molecular flexibility index (Phi) is 7.64. The molecular formula is C34H20FIrN5O-2. The molecule has 0 aliphatic rings. The molecule has 0 unspecified atom stereocenters. The van der Waals surface area contributed by atoms with Crippen LogP contribution < -0.4 is 0 Å². The van der Waals surface area contributed by atoms with Crippen LogP contribution in [0.25, 0.3) is 61.4 Å². The van der Waals surface area contributed by atoms with Crippen LogP contribution in [0.15, 0.2) is 126 Å². The molecule has 0 saturated carbocycles. The number of fused-ring (bicyclic) bond motifs is 4. The molecule has 205 valence electrons. The molecule has 0 atom stereocenters. The number of hydrogen-bond donors (Lipinski definition) is 0. The Morgan fingerprint density at radius 2 is 1.62 bits per heavy atom. The third-order valence-corrected chi connectivity index (χ3v) is 6.62. The second kappa shape index (κ2) is 11.8. The first-order chi connectivity index (χ1) is 20.3. The number of imidazole rings is 1. The first-order valence-corrected chi connectivity index (χ1v) is 12.9. The van der Waals surface area contributed by atoms with Crippen molar-refractivity contribution in [1.82, 2.24) is 24.5 Å². The van der Waals surface area contributed by atoms with E-state index in [0.717, 1.165) is 22.3 Å². The summed E-state index contributed by atoms with van der Waals surface area (Å²) in [4.78, 5) is 17.5. The van der Waals surface area contributed by atoms with Gasteiger partial charge in [0, 0.05) is 43.2 Å². The summed E-state index contributed by atoms with van der Waals surface area (Å²) in [5, 5.41) is 1.14. The van der Waals surface area contributed by atoms with E-state index in [9.17, 15) is 4.39 Å². The summed E-state index contributed by atoms with van der Waals surface area (Å²) in [5.41, 5.74) is 5.77. The normalized spacial score (nSPS) is 10.8. The van der Waals surface area contributed by atoms with E-state index in [1.165, 1.54) is 12.4 Å². The van der Waals surface area contributed by atoms with Crippen LogP contribution in [0.4, 0.5) is 4.39 Å². The van der Waals surface area contributed by atoms with Gasteiger partial charge in [0.1, 0.15) is 17.4 Å². The van der Waals surface area contributed by atoms with Gasteiger partial charge >= 0.3 is 0 Å². The Morgan fingerprint density at radius 1 is 0.810 bits per heavy atom. The van der Waals surface area contributed by atoms with Crippen LogP contribution in [-0.2, 0) is 20.1 Å². The molecule has 8 heteroatoms. The van der Waals surface area contributed by atoms with Crippen molar-refractivity contribution in [3.8, 4) is 28.3 Å². The predicted octanol–water partition coefficient (Wildman–Crippen LogP) is 7.87. The van der Waals surface area contributed by atoms with Crippen LogP contribution in [0.5, 0.6) is 0 Å². The van der Waals surface area contributed by atoms with Crippen LogP contribution in [0, 0.1) is 17.9 Å². The zero-order valence-corrected chi connectivity index (χ0v) is 24.3. The van der Waals surface area contributed by atoms with Crippen LogP contribution in [0.1, 0.15) is 0 Å². The number of halogens is 1. The Labute approximate surface area is 253 Å². The van der Waals surface area contributed by atoms with Crippen molar-refractivity contribution < 1.29 is 28.9 Å². The summed E-state index contributed by atoms with van der Waals surface area (Å²) in [5.74, 6) is 0.187. The SMILES string of the molecule is Fc1c[c-]c(-c2nc3cncnc3n2-c2ccccc2)c2oc3ccccc3c12.[Ir].[c-]1ccccc1-c1ccccn1. The number of pyridine rings is 1. The van der Waals surface area contributed by atoms with Gasteiger partial charge in [0.05, 0.1) is 17.6 Å². The zero-order chi connectivity index (χ0) is 27.6. The van der Waals surface area contributed by atoms with Crippen molar-refractivity contribution in [3.05, 3.63) is 140 Å². The maximum Gasteiger partial charge on any atom is 0.158 e. The standard InChI is InChI=1S/C23H12FN4O.C11H8N.Ir/c24-17-11-10-16(21-20(17)15-8-4-5-9-19(15)29-21)22-27-18-12-25-13-26-23(18)28(22)14-6-2-1-3-7-14;1-2-6-10(7-3-1)11-8-4-5-9-12-11;/h1-9,11-13H;1-6,8-9H;/q2*-1;. The van der Waals surface area contributed by atoms with Gasteiger partial charge < -0.3 is 14.0 Å². The second-order valence-electron chi connectivity index (χ2n) is 9.14. The predicted molar refractivity (Wildman–Crippen MR) is 157 cm³/mol. The van der Waals surface area contributed by atoms with Crippen LogP contribution in [0.3, 0.4) is 0 Å². The first kappa shape index (κ1) is 27.1. The van der Waals surface area contributed by atoms with Crippen molar-refractivity contribution >= 4 is 33.1 Å². The molecule has 8 rings (SSSR count). The number of hydrogen-bond acceptors (Lipinski definition) is 5. The van der Waals surface area contributed by atoms with Crippen molar-refractivity contribution in [2.75, 3.05) is 0 Å². The molecule has 0 aliphatic carbocycles. The molecule has 0 aliphatic heterocycles. The minimum absolute atomic E-state index is 0. The number of furan rings is 1. The van der Waals surface area contributed by atoms with Crippen molar-refractivity contribution in [1.29, 1.82) is 0 Å². The van der Waals surface area contributed by atoms with Crippen LogP contribution >= 0.6 is 0 Å². The molecule has 0 spiro atoms. The molecule has 0 bridgehead atoms. The summed E-state index contributed by atoms with van der Waals surface area (Å²) in [7, 11) is 0. The third kappa shape index (κ3) is 4.98. The maximum atomic E-state index is 14.7. The van der Waals surface area contributed by atoms with Gasteiger partial charge in [0.15, 0.2) is 5.65 Å². The Balaban J connectivity index is 0.000000205. The van der Waals surface area contributed by atoms with Gasteiger partial charge in [-0.15, -0.1) is 48.0 Å². The van der Waals surface area contributed by atoms with Crippen LogP contribution in [0.2, 0.25) is 0 Å². The Bertz CT molecular complexity index is 2080. The van der Waals surface area contributed by atoms with E-state index >= 15 is 0 Å². The fourth-order valence-electron chi connectivity index (χ4n) is 4.79. The van der Waals surface area contributed by atoms with E-state index in [2.05, 4.69) is 27.1 Å². The molecule has 6 nitrogen and oxygen atoms in total. The fourth-order valence-corrected chi connectivity index (χ4v) is 4.79. The average Bonchev–Trinajstić information content (AvgIpc) is 3.63. The molecular weight excluding hydrogens is 706 g/mol. The van der Waals surface area contributed by atoms with Gasteiger partial charge in [-0.25, -0.2) is 9.97 Å². The van der Waals surface area contributed by atoms with E-state index in [1.807, 2.05) is 102 Å². The third-order valence-electron chi connectivity index (χ3n) is 6.62. The molecule has 0 fully saturated rings. The number of rotatable bonds is 3. The summed E-state index contributed by atoms with van der Waals surface area (Å²) >= 11 is 0. The monoisotopic (exact) mass is 726 g/mol. The van der Waals surface area contributed by atoms with Gasteiger partial charge in [-0.05, 0) is 35.3 Å². The largest absolute Gasteiger partial charge is 0.500 e.